The Kier molecular flexibility index (Phi) is 5.72. The fourth-order valence-electron chi connectivity index (χ4n) is 3.46. The van der Waals surface area contributed by atoms with Gasteiger partial charge in [0.15, 0.2) is 11.5 Å². The predicted octanol–water partition coefficient (Wildman–Crippen LogP) is 1.93. The quantitative estimate of drug-likeness (QED) is 0.614. The first-order chi connectivity index (χ1) is 13.4. The SMILES string of the molecule is CC(NC(=O)c1nc(-c2cccc(C(=O)O)n2)[nH]c(=O)c1O)C1CCCCC1. The van der Waals surface area contributed by atoms with E-state index in [0.717, 1.165) is 25.7 Å². The van der Waals surface area contributed by atoms with E-state index in [0.29, 0.717) is 5.92 Å². The van der Waals surface area contributed by atoms with Gasteiger partial charge in [0.05, 0.1) is 0 Å². The molecule has 2 aromatic heterocycles. The van der Waals surface area contributed by atoms with Gasteiger partial charge in [-0.25, -0.2) is 14.8 Å². The fraction of sp³-hybridized carbons (Fsp3) is 0.421. The number of amides is 1. The lowest BCUT2D eigenvalue weighted by atomic mass is 9.84. The number of aromatic hydroxyl groups is 1. The van der Waals surface area contributed by atoms with Crippen LogP contribution >= 0.6 is 0 Å². The molecule has 2 heterocycles. The molecule has 0 saturated heterocycles. The summed E-state index contributed by atoms with van der Waals surface area (Å²) in [6.45, 7) is 1.90. The Labute approximate surface area is 160 Å². The molecule has 0 spiro atoms. The molecule has 1 saturated carbocycles. The minimum Gasteiger partial charge on any atom is -0.501 e. The number of hydrogen-bond acceptors (Lipinski definition) is 6. The van der Waals surface area contributed by atoms with Crippen LogP contribution in [0.15, 0.2) is 23.0 Å². The molecule has 1 fully saturated rings. The van der Waals surface area contributed by atoms with Gasteiger partial charge in [0.2, 0.25) is 5.75 Å². The van der Waals surface area contributed by atoms with Gasteiger partial charge in [-0.05, 0) is 37.8 Å². The number of rotatable bonds is 5. The maximum Gasteiger partial charge on any atom is 0.354 e. The number of pyridine rings is 1. The lowest BCUT2D eigenvalue weighted by Gasteiger charge is -2.28. The molecular weight excluding hydrogens is 364 g/mol. The molecule has 9 heteroatoms. The monoisotopic (exact) mass is 386 g/mol. The lowest BCUT2D eigenvalue weighted by molar-refractivity contribution is 0.0690. The molecule has 1 aliphatic rings. The summed E-state index contributed by atoms with van der Waals surface area (Å²) >= 11 is 0. The number of H-pyrrole nitrogens is 1. The Morgan fingerprint density at radius 3 is 2.61 bits per heavy atom. The van der Waals surface area contributed by atoms with Crippen molar-refractivity contribution in [2.75, 3.05) is 0 Å². The number of nitrogens with zero attached hydrogens (tertiary/aromatic N) is 2. The molecule has 1 unspecified atom stereocenters. The van der Waals surface area contributed by atoms with Gasteiger partial charge in [-0.3, -0.25) is 9.59 Å². The molecular formula is C19H22N4O5. The van der Waals surface area contributed by atoms with Crippen molar-refractivity contribution in [3.8, 4) is 17.3 Å². The van der Waals surface area contributed by atoms with Crippen LogP contribution < -0.4 is 10.9 Å². The first-order valence-electron chi connectivity index (χ1n) is 9.21. The Morgan fingerprint density at radius 2 is 1.93 bits per heavy atom. The molecule has 9 nitrogen and oxygen atoms in total. The summed E-state index contributed by atoms with van der Waals surface area (Å²) in [5, 5.41) is 21.9. The molecule has 1 atom stereocenters. The maximum atomic E-state index is 12.6. The predicted molar refractivity (Wildman–Crippen MR) is 100 cm³/mol. The number of carbonyl (C=O) groups excluding carboxylic acids is 1. The van der Waals surface area contributed by atoms with Crippen LogP contribution in [0, 0.1) is 5.92 Å². The van der Waals surface area contributed by atoms with Crippen LogP contribution in [0.25, 0.3) is 11.5 Å². The van der Waals surface area contributed by atoms with E-state index >= 15 is 0 Å². The van der Waals surface area contributed by atoms with Crippen LogP contribution in [-0.4, -0.2) is 43.1 Å². The van der Waals surface area contributed by atoms with Gasteiger partial charge >= 0.3 is 5.97 Å². The number of aromatic carboxylic acids is 1. The van der Waals surface area contributed by atoms with Gasteiger partial charge < -0.3 is 20.5 Å². The van der Waals surface area contributed by atoms with Crippen molar-refractivity contribution in [1.82, 2.24) is 20.3 Å². The second kappa shape index (κ2) is 8.20. The number of carboxylic acids is 1. The van der Waals surface area contributed by atoms with Crippen LogP contribution in [0.4, 0.5) is 0 Å². The highest BCUT2D eigenvalue weighted by molar-refractivity contribution is 5.95. The van der Waals surface area contributed by atoms with Crippen LogP contribution in [0.3, 0.4) is 0 Å². The van der Waals surface area contributed by atoms with Gasteiger partial charge in [0.1, 0.15) is 11.4 Å². The van der Waals surface area contributed by atoms with Crippen molar-refractivity contribution >= 4 is 11.9 Å². The second-order valence-corrected chi connectivity index (χ2v) is 6.99. The third-order valence-corrected chi connectivity index (χ3v) is 5.04. The Morgan fingerprint density at radius 1 is 1.21 bits per heavy atom. The smallest absolute Gasteiger partial charge is 0.354 e. The third kappa shape index (κ3) is 4.19. The maximum absolute atomic E-state index is 12.6. The van der Waals surface area contributed by atoms with Crippen molar-refractivity contribution in [1.29, 1.82) is 0 Å². The number of hydrogen-bond donors (Lipinski definition) is 4. The van der Waals surface area contributed by atoms with E-state index in [1.165, 1.54) is 24.6 Å². The summed E-state index contributed by atoms with van der Waals surface area (Å²) in [5.74, 6) is -2.43. The molecule has 0 aromatic carbocycles. The van der Waals surface area contributed by atoms with Crippen molar-refractivity contribution in [2.24, 2.45) is 5.92 Å². The van der Waals surface area contributed by atoms with Gasteiger partial charge in [0.25, 0.3) is 11.5 Å². The normalized spacial score (nSPS) is 15.8. The van der Waals surface area contributed by atoms with E-state index < -0.39 is 28.9 Å². The Balaban J connectivity index is 1.89. The first kappa shape index (κ1) is 19.5. The molecule has 0 bridgehead atoms. The van der Waals surface area contributed by atoms with Crippen LogP contribution in [0.5, 0.6) is 5.75 Å². The van der Waals surface area contributed by atoms with Crippen molar-refractivity contribution < 1.29 is 19.8 Å². The summed E-state index contributed by atoms with van der Waals surface area (Å²) < 4.78 is 0. The highest BCUT2D eigenvalue weighted by Crippen LogP contribution is 2.26. The molecule has 0 radical (unpaired) electrons. The van der Waals surface area contributed by atoms with Crippen LogP contribution in [0.2, 0.25) is 0 Å². The first-order valence-corrected chi connectivity index (χ1v) is 9.21. The summed E-state index contributed by atoms with van der Waals surface area (Å²) in [5.41, 5.74) is -1.47. The van der Waals surface area contributed by atoms with E-state index in [2.05, 4.69) is 20.3 Å². The number of carbonyl (C=O) groups is 2. The third-order valence-electron chi connectivity index (χ3n) is 5.04. The molecule has 1 aliphatic carbocycles. The van der Waals surface area contributed by atoms with E-state index in [1.54, 1.807) is 0 Å². The molecule has 1 amide bonds. The minimum absolute atomic E-state index is 0.0754. The fourth-order valence-corrected chi connectivity index (χ4v) is 3.46. The van der Waals surface area contributed by atoms with E-state index in [9.17, 15) is 19.5 Å². The van der Waals surface area contributed by atoms with Crippen LogP contribution in [0.1, 0.15) is 60.0 Å². The van der Waals surface area contributed by atoms with Gasteiger partial charge in [-0.2, -0.15) is 0 Å². The molecule has 28 heavy (non-hydrogen) atoms. The average molecular weight is 386 g/mol. The summed E-state index contributed by atoms with van der Waals surface area (Å²) in [6.07, 6.45) is 5.48. The number of carboxylic acid groups (broad SMARTS) is 1. The van der Waals surface area contributed by atoms with E-state index in [4.69, 9.17) is 5.11 Å². The summed E-state index contributed by atoms with van der Waals surface area (Å²) in [4.78, 5) is 46.0. The second-order valence-electron chi connectivity index (χ2n) is 6.99. The molecule has 148 valence electrons. The molecule has 2 aromatic rings. The zero-order valence-corrected chi connectivity index (χ0v) is 15.4. The minimum atomic E-state index is -1.23. The van der Waals surface area contributed by atoms with Gasteiger partial charge in [0, 0.05) is 6.04 Å². The zero-order valence-electron chi connectivity index (χ0n) is 15.4. The highest BCUT2D eigenvalue weighted by Gasteiger charge is 2.25. The van der Waals surface area contributed by atoms with Crippen molar-refractivity contribution in [3.05, 3.63) is 39.9 Å². The topological polar surface area (TPSA) is 145 Å². The standard InChI is InChI=1S/C19H22N4O5/c1-10(11-6-3-2-4-7-11)20-17(25)14-15(24)18(26)23-16(22-14)12-8-5-9-13(21-12)19(27)28/h5,8-11,24H,2-4,6-7H2,1H3,(H,20,25)(H,27,28)(H,22,23,26). The van der Waals surface area contributed by atoms with Crippen molar-refractivity contribution in [2.45, 2.75) is 45.1 Å². The Bertz CT molecular complexity index is 950. The summed E-state index contributed by atoms with van der Waals surface area (Å²) in [6, 6.07) is 4.08. The van der Waals surface area contributed by atoms with Gasteiger partial charge in [-0.15, -0.1) is 0 Å². The highest BCUT2D eigenvalue weighted by atomic mass is 16.4. The Hall–Kier alpha value is -3.23. The summed E-state index contributed by atoms with van der Waals surface area (Å²) in [7, 11) is 0. The van der Waals surface area contributed by atoms with E-state index in [-0.39, 0.29) is 23.3 Å². The number of aromatic amines is 1. The molecule has 4 N–H and O–H groups in total. The van der Waals surface area contributed by atoms with Gasteiger partial charge in [-0.1, -0.05) is 25.3 Å². The lowest BCUT2D eigenvalue weighted by Crippen LogP contribution is -2.39. The molecule has 3 rings (SSSR count). The van der Waals surface area contributed by atoms with E-state index in [1.807, 2.05) is 6.92 Å². The zero-order chi connectivity index (χ0) is 20.3. The average Bonchev–Trinajstić information content (AvgIpc) is 2.70. The number of aromatic nitrogens is 3. The van der Waals surface area contributed by atoms with Crippen LogP contribution in [-0.2, 0) is 0 Å². The molecule has 0 aliphatic heterocycles. The largest absolute Gasteiger partial charge is 0.501 e. The van der Waals surface area contributed by atoms with Crippen molar-refractivity contribution in [3.63, 3.8) is 0 Å². The number of nitrogens with one attached hydrogen (secondary N) is 2.